The summed E-state index contributed by atoms with van der Waals surface area (Å²) in [4.78, 5) is 1.70. The first-order chi connectivity index (χ1) is 8.62. The highest BCUT2D eigenvalue weighted by Crippen LogP contribution is 2.40. The number of alkyl halides is 3. The summed E-state index contributed by atoms with van der Waals surface area (Å²) in [5.74, 6) is 0. The van der Waals surface area contributed by atoms with Crippen molar-refractivity contribution >= 4 is 0 Å². The number of morpholine rings is 1. The van der Waals surface area contributed by atoms with Crippen LogP contribution in [0.5, 0.6) is 0 Å². The molecule has 0 aromatic rings. The SMILES string of the molecule is CC1(C)CN(CC(O)C(F)(F)F)CC2(CCCC2)O1. The van der Waals surface area contributed by atoms with E-state index in [1.54, 1.807) is 4.90 Å². The van der Waals surface area contributed by atoms with Crippen LogP contribution in [0.15, 0.2) is 0 Å². The standard InChI is InChI=1S/C13H22F3NO2/c1-11(2)8-17(7-10(18)13(14,15)16)9-12(19-11)5-3-4-6-12/h10,18H,3-9H2,1-2H3. The Hall–Kier alpha value is -0.330. The van der Waals surface area contributed by atoms with Crippen LogP contribution in [0.1, 0.15) is 39.5 Å². The molecule has 2 fully saturated rings. The maximum atomic E-state index is 12.5. The van der Waals surface area contributed by atoms with E-state index >= 15 is 0 Å². The van der Waals surface area contributed by atoms with Crippen molar-refractivity contribution in [3.63, 3.8) is 0 Å². The molecule has 6 heteroatoms. The van der Waals surface area contributed by atoms with E-state index in [1.807, 2.05) is 13.8 Å². The van der Waals surface area contributed by atoms with Gasteiger partial charge in [-0.05, 0) is 26.7 Å². The lowest BCUT2D eigenvalue weighted by Gasteiger charge is -2.49. The first-order valence-electron chi connectivity index (χ1n) is 6.79. The molecule has 1 aliphatic heterocycles. The zero-order valence-corrected chi connectivity index (χ0v) is 11.5. The van der Waals surface area contributed by atoms with Crippen molar-refractivity contribution in [2.24, 2.45) is 0 Å². The van der Waals surface area contributed by atoms with Gasteiger partial charge < -0.3 is 9.84 Å². The van der Waals surface area contributed by atoms with Gasteiger partial charge in [-0.3, -0.25) is 4.90 Å². The molecule has 0 amide bonds. The van der Waals surface area contributed by atoms with Gasteiger partial charge in [-0.1, -0.05) is 12.8 Å². The van der Waals surface area contributed by atoms with E-state index < -0.39 is 17.9 Å². The summed E-state index contributed by atoms with van der Waals surface area (Å²) in [5, 5.41) is 9.23. The number of aliphatic hydroxyl groups is 1. The molecule has 1 saturated carbocycles. The molecule has 19 heavy (non-hydrogen) atoms. The molecule has 1 spiro atoms. The second-order valence-electron chi connectivity index (χ2n) is 6.48. The number of aliphatic hydroxyl groups excluding tert-OH is 1. The van der Waals surface area contributed by atoms with E-state index in [0.29, 0.717) is 13.1 Å². The van der Waals surface area contributed by atoms with E-state index in [-0.39, 0.29) is 12.1 Å². The van der Waals surface area contributed by atoms with Crippen molar-refractivity contribution in [3.05, 3.63) is 0 Å². The Balaban J connectivity index is 2.04. The molecule has 112 valence electrons. The lowest BCUT2D eigenvalue weighted by molar-refractivity contribution is -0.229. The molecule has 0 aromatic heterocycles. The van der Waals surface area contributed by atoms with Gasteiger partial charge in [0.2, 0.25) is 0 Å². The van der Waals surface area contributed by atoms with Gasteiger partial charge in [0.05, 0.1) is 11.2 Å². The monoisotopic (exact) mass is 281 g/mol. The van der Waals surface area contributed by atoms with Gasteiger partial charge in [0.25, 0.3) is 0 Å². The fourth-order valence-corrected chi connectivity index (χ4v) is 3.41. The van der Waals surface area contributed by atoms with Gasteiger partial charge in [0, 0.05) is 19.6 Å². The summed E-state index contributed by atoms with van der Waals surface area (Å²) in [7, 11) is 0. The van der Waals surface area contributed by atoms with Crippen LogP contribution in [0.4, 0.5) is 13.2 Å². The van der Waals surface area contributed by atoms with Crippen molar-refractivity contribution in [3.8, 4) is 0 Å². The number of β-amino-alcohol motifs (C(OH)–C–C–N with tert-alkyl or cyclic N) is 1. The summed E-state index contributed by atoms with van der Waals surface area (Å²) in [6.07, 6.45) is -2.91. The average molecular weight is 281 g/mol. The first-order valence-corrected chi connectivity index (χ1v) is 6.79. The normalized spacial score (nSPS) is 28.7. The summed E-state index contributed by atoms with van der Waals surface area (Å²) in [6.45, 7) is 4.35. The summed E-state index contributed by atoms with van der Waals surface area (Å²) < 4.78 is 43.5. The van der Waals surface area contributed by atoms with Crippen molar-refractivity contribution in [2.75, 3.05) is 19.6 Å². The molecule has 1 saturated heterocycles. The van der Waals surface area contributed by atoms with E-state index in [4.69, 9.17) is 4.74 Å². The summed E-state index contributed by atoms with van der Waals surface area (Å²) in [6, 6.07) is 0. The molecule has 0 aromatic carbocycles. The Bertz CT molecular complexity index is 324. The van der Waals surface area contributed by atoms with E-state index in [0.717, 1.165) is 25.7 Å². The average Bonchev–Trinajstić information content (AvgIpc) is 2.61. The third-order valence-electron chi connectivity index (χ3n) is 3.93. The third-order valence-corrected chi connectivity index (χ3v) is 3.93. The van der Waals surface area contributed by atoms with E-state index in [2.05, 4.69) is 0 Å². The predicted octanol–water partition coefficient (Wildman–Crippen LogP) is 2.33. The van der Waals surface area contributed by atoms with Gasteiger partial charge in [0.15, 0.2) is 6.10 Å². The van der Waals surface area contributed by atoms with Crippen LogP contribution >= 0.6 is 0 Å². The number of ether oxygens (including phenoxy) is 1. The Morgan fingerprint density at radius 2 is 1.79 bits per heavy atom. The van der Waals surface area contributed by atoms with Gasteiger partial charge in [-0.25, -0.2) is 0 Å². The minimum atomic E-state index is -4.55. The molecule has 2 aliphatic rings. The molecule has 2 rings (SSSR count). The van der Waals surface area contributed by atoms with E-state index in [1.165, 1.54) is 0 Å². The quantitative estimate of drug-likeness (QED) is 0.843. The van der Waals surface area contributed by atoms with Crippen molar-refractivity contribution in [1.29, 1.82) is 0 Å². The molecular formula is C13H22F3NO2. The minimum Gasteiger partial charge on any atom is -0.382 e. The topological polar surface area (TPSA) is 32.7 Å². The highest BCUT2D eigenvalue weighted by Gasteiger charge is 2.48. The van der Waals surface area contributed by atoms with Crippen molar-refractivity contribution in [1.82, 2.24) is 4.90 Å². The van der Waals surface area contributed by atoms with Crippen LogP contribution in [0, 0.1) is 0 Å². The molecule has 1 aliphatic carbocycles. The zero-order valence-electron chi connectivity index (χ0n) is 11.5. The molecule has 1 N–H and O–H groups in total. The molecule has 1 heterocycles. The van der Waals surface area contributed by atoms with Gasteiger partial charge >= 0.3 is 6.18 Å². The van der Waals surface area contributed by atoms with Gasteiger partial charge in [-0.2, -0.15) is 13.2 Å². The molecule has 0 radical (unpaired) electrons. The summed E-state index contributed by atoms with van der Waals surface area (Å²) >= 11 is 0. The number of hydrogen-bond donors (Lipinski definition) is 1. The number of nitrogens with zero attached hydrogens (tertiary/aromatic N) is 1. The lowest BCUT2D eigenvalue weighted by Crippen LogP contribution is -2.60. The number of hydrogen-bond acceptors (Lipinski definition) is 3. The van der Waals surface area contributed by atoms with Crippen LogP contribution in [0.25, 0.3) is 0 Å². The molecule has 1 atom stereocenters. The van der Waals surface area contributed by atoms with Crippen LogP contribution < -0.4 is 0 Å². The van der Waals surface area contributed by atoms with Crippen molar-refractivity contribution < 1.29 is 23.0 Å². The maximum Gasteiger partial charge on any atom is 0.415 e. The second-order valence-corrected chi connectivity index (χ2v) is 6.48. The Morgan fingerprint density at radius 1 is 1.21 bits per heavy atom. The van der Waals surface area contributed by atoms with Crippen LogP contribution in [-0.4, -0.2) is 53.1 Å². The number of rotatable bonds is 2. The maximum absolute atomic E-state index is 12.5. The number of halogens is 3. The largest absolute Gasteiger partial charge is 0.415 e. The first kappa shape index (κ1) is 15.1. The lowest BCUT2D eigenvalue weighted by atomic mass is 9.94. The van der Waals surface area contributed by atoms with Gasteiger partial charge in [-0.15, -0.1) is 0 Å². The fraction of sp³-hybridized carbons (Fsp3) is 1.00. The fourth-order valence-electron chi connectivity index (χ4n) is 3.41. The molecule has 0 bridgehead atoms. The van der Waals surface area contributed by atoms with Crippen LogP contribution in [0.2, 0.25) is 0 Å². The molecular weight excluding hydrogens is 259 g/mol. The Morgan fingerprint density at radius 3 is 2.32 bits per heavy atom. The van der Waals surface area contributed by atoms with E-state index in [9.17, 15) is 18.3 Å². The summed E-state index contributed by atoms with van der Waals surface area (Å²) in [5.41, 5.74) is -0.777. The molecule has 1 unspecified atom stereocenters. The highest BCUT2D eigenvalue weighted by molar-refractivity contribution is 4.97. The van der Waals surface area contributed by atoms with Crippen LogP contribution in [0.3, 0.4) is 0 Å². The Kier molecular flexibility index (Phi) is 3.88. The van der Waals surface area contributed by atoms with Crippen LogP contribution in [-0.2, 0) is 4.74 Å². The smallest absolute Gasteiger partial charge is 0.382 e. The molecule has 3 nitrogen and oxygen atoms in total. The zero-order chi connectivity index (χ0) is 14.3. The highest BCUT2D eigenvalue weighted by atomic mass is 19.4. The Labute approximate surface area is 111 Å². The predicted molar refractivity (Wildman–Crippen MR) is 64.9 cm³/mol. The second kappa shape index (κ2) is 4.90. The van der Waals surface area contributed by atoms with Crippen molar-refractivity contribution in [2.45, 2.75) is 63.0 Å². The third kappa shape index (κ3) is 3.61. The minimum absolute atomic E-state index is 0.312. The van der Waals surface area contributed by atoms with Gasteiger partial charge in [0.1, 0.15) is 0 Å².